The molecule has 0 saturated carbocycles. The van der Waals surface area contributed by atoms with Gasteiger partial charge < -0.3 is 5.73 Å². The second kappa shape index (κ2) is 3.98. The Morgan fingerprint density at radius 1 is 1.64 bits per heavy atom. The van der Waals surface area contributed by atoms with Gasteiger partial charge in [-0.05, 0) is 17.7 Å². The highest BCUT2D eigenvalue weighted by Crippen LogP contribution is 2.24. The van der Waals surface area contributed by atoms with E-state index in [2.05, 4.69) is 0 Å². The van der Waals surface area contributed by atoms with Crippen molar-refractivity contribution in [3.8, 4) is 0 Å². The number of thiophene rings is 1. The van der Waals surface area contributed by atoms with Crippen molar-refractivity contribution in [2.45, 2.75) is 10.9 Å². The Hall–Kier alpha value is -0.430. The smallest absolute Gasteiger partial charge is 0.243 e. The van der Waals surface area contributed by atoms with E-state index in [0.29, 0.717) is 4.88 Å². The van der Waals surface area contributed by atoms with Gasteiger partial charge in [-0.25, -0.2) is 8.42 Å². The van der Waals surface area contributed by atoms with E-state index in [1.807, 2.05) is 0 Å². The first-order chi connectivity index (χ1) is 6.32. The fraction of sp³-hybridized carbons (Fsp3) is 0.286. The number of rotatable bonds is 3. The first-order valence-electron chi connectivity index (χ1n) is 3.56. The monoisotopic (exact) mass is 253 g/mol. The van der Waals surface area contributed by atoms with Gasteiger partial charge in [0.1, 0.15) is 6.04 Å². The van der Waals surface area contributed by atoms with Gasteiger partial charge in [-0.3, -0.25) is 4.79 Å². The summed E-state index contributed by atoms with van der Waals surface area (Å²) >= 11 is 6.28. The van der Waals surface area contributed by atoms with Crippen LogP contribution < -0.4 is 5.73 Å². The molecule has 1 aromatic heterocycles. The number of sulfone groups is 1. The molecule has 7 heteroatoms. The zero-order valence-corrected chi connectivity index (χ0v) is 9.62. The third-order valence-electron chi connectivity index (χ3n) is 1.57. The Labute approximate surface area is 90.6 Å². The average molecular weight is 254 g/mol. The van der Waals surface area contributed by atoms with Crippen LogP contribution in [0.25, 0.3) is 0 Å². The molecule has 1 heterocycles. The summed E-state index contributed by atoms with van der Waals surface area (Å²) in [6.45, 7) is 0. The van der Waals surface area contributed by atoms with Crippen LogP contribution in [0.1, 0.15) is 10.9 Å². The topological polar surface area (TPSA) is 77.2 Å². The molecule has 0 aliphatic rings. The van der Waals surface area contributed by atoms with Gasteiger partial charge in [-0.1, -0.05) is 0 Å². The molecule has 0 aliphatic carbocycles. The number of nitrogens with two attached hydrogens (primary N) is 1. The van der Waals surface area contributed by atoms with Gasteiger partial charge in [0.25, 0.3) is 0 Å². The van der Waals surface area contributed by atoms with Crippen LogP contribution in [0.2, 0.25) is 0 Å². The molecule has 1 aromatic rings. The molecule has 0 radical (unpaired) electrons. The molecule has 0 aliphatic heterocycles. The highest BCUT2D eigenvalue weighted by atomic mass is 35.5. The van der Waals surface area contributed by atoms with Crippen molar-refractivity contribution in [1.82, 2.24) is 0 Å². The maximum Gasteiger partial charge on any atom is 0.243 e. The molecule has 78 valence electrons. The van der Waals surface area contributed by atoms with Crippen LogP contribution in [-0.2, 0) is 14.6 Å². The standard InChI is InChI=1S/C7H8ClNO3S2/c1-14(11,12)4-2-5(13-3-4)6(9)7(8)10/h2-3,6H,9H2,1H3. The minimum atomic E-state index is -3.24. The van der Waals surface area contributed by atoms with Crippen LogP contribution in [0.5, 0.6) is 0 Å². The summed E-state index contributed by atoms with van der Waals surface area (Å²) in [5.41, 5.74) is 5.43. The average Bonchev–Trinajstić information content (AvgIpc) is 2.49. The zero-order valence-electron chi connectivity index (χ0n) is 7.23. The maximum absolute atomic E-state index is 11.1. The quantitative estimate of drug-likeness (QED) is 0.813. The predicted molar refractivity (Wildman–Crippen MR) is 55.2 cm³/mol. The first-order valence-corrected chi connectivity index (χ1v) is 6.70. The maximum atomic E-state index is 11.1. The van der Waals surface area contributed by atoms with Crippen molar-refractivity contribution < 1.29 is 13.2 Å². The zero-order chi connectivity index (χ0) is 10.9. The van der Waals surface area contributed by atoms with Gasteiger partial charge in [0.05, 0.1) is 4.90 Å². The van der Waals surface area contributed by atoms with Crippen molar-refractivity contribution in [3.63, 3.8) is 0 Å². The molecule has 14 heavy (non-hydrogen) atoms. The number of carbonyl (C=O) groups is 1. The molecular formula is C7H8ClNO3S2. The van der Waals surface area contributed by atoms with Crippen molar-refractivity contribution >= 4 is 38.0 Å². The minimum Gasteiger partial charge on any atom is -0.316 e. The Morgan fingerprint density at radius 2 is 2.21 bits per heavy atom. The summed E-state index contributed by atoms with van der Waals surface area (Å²) in [6.07, 6.45) is 1.09. The predicted octanol–water partition coefficient (Wildman–Crippen LogP) is 0.917. The van der Waals surface area contributed by atoms with Gasteiger partial charge in [-0.15, -0.1) is 11.3 Å². The highest BCUT2D eigenvalue weighted by molar-refractivity contribution is 7.90. The van der Waals surface area contributed by atoms with Gasteiger partial charge in [0.15, 0.2) is 9.84 Å². The van der Waals surface area contributed by atoms with E-state index in [-0.39, 0.29) is 4.90 Å². The van der Waals surface area contributed by atoms with Crippen LogP contribution in [-0.4, -0.2) is 19.9 Å². The molecule has 0 fully saturated rings. The lowest BCUT2D eigenvalue weighted by Gasteiger charge is -2.00. The molecule has 1 unspecified atom stereocenters. The van der Waals surface area contributed by atoms with Crippen molar-refractivity contribution in [2.75, 3.05) is 6.26 Å². The molecule has 4 nitrogen and oxygen atoms in total. The van der Waals surface area contributed by atoms with Gasteiger partial charge in [0.2, 0.25) is 5.24 Å². The summed E-state index contributed by atoms with van der Waals surface area (Å²) in [4.78, 5) is 11.3. The molecular weight excluding hydrogens is 246 g/mol. The molecule has 0 spiro atoms. The molecule has 0 saturated heterocycles. The molecule has 0 amide bonds. The van der Waals surface area contributed by atoms with E-state index in [1.54, 1.807) is 0 Å². The summed E-state index contributed by atoms with van der Waals surface area (Å²) in [5.74, 6) is 0. The Morgan fingerprint density at radius 3 is 2.57 bits per heavy atom. The molecule has 0 bridgehead atoms. The fourth-order valence-electron chi connectivity index (χ4n) is 0.804. The SMILES string of the molecule is CS(=O)(=O)c1csc(C(N)C(=O)Cl)c1. The molecule has 0 aromatic carbocycles. The first kappa shape index (κ1) is 11.6. The van der Waals surface area contributed by atoms with Gasteiger partial charge in [0, 0.05) is 16.5 Å². The Balaban J connectivity index is 3.06. The number of carbonyl (C=O) groups excluding carboxylic acids is 1. The van der Waals surface area contributed by atoms with E-state index >= 15 is 0 Å². The van der Waals surface area contributed by atoms with Gasteiger partial charge in [-0.2, -0.15) is 0 Å². The minimum absolute atomic E-state index is 0.158. The normalized spacial score (nSPS) is 13.9. The lowest BCUT2D eigenvalue weighted by Crippen LogP contribution is -2.15. The van der Waals surface area contributed by atoms with E-state index in [0.717, 1.165) is 17.6 Å². The second-order valence-electron chi connectivity index (χ2n) is 2.74. The fourth-order valence-corrected chi connectivity index (χ4v) is 3.01. The highest BCUT2D eigenvalue weighted by Gasteiger charge is 2.18. The van der Waals surface area contributed by atoms with Crippen LogP contribution in [0.4, 0.5) is 0 Å². The van der Waals surface area contributed by atoms with E-state index in [1.165, 1.54) is 11.4 Å². The lowest BCUT2D eigenvalue weighted by molar-refractivity contribution is -0.112. The van der Waals surface area contributed by atoms with Crippen molar-refractivity contribution in [2.24, 2.45) is 5.73 Å². The van der Waals surface area contributed by atoms with Crippen LogP contribution >= 0.6 is 22.9 Å². The Bertz CT molecular complexity index is 451. The summed E-state index contributed by atoms with van der Waals surface area (Å²) in [7, 11) is -3.24. The Kier molecular flexibility index (Phi) is 3.31. The van der Waals surface area contributed by atoms with Crippen molar-refractivity contribution in [1.29, 1.82) is 0 Å². The molecule has 1 atom stereocenters. The molecule has 2 N–H and O–H groups in total. The van der Waals surface area contributed by atoms with E-state index in [9.17, 15) is 13.2 Å². The lowest BCUT2D eigenvalue weighted by atomic mass is 10.3. The molecule has 1 rings (SSSR count). The summed E-state index contributed by atoms with van der Waals surface area (Å²) in [5, 5.41) is 0.733. The third kappa shape index (κ3) is 2.54. The number of hydrogen-bond donors (Lipinski definition) is 1. The van der Waals surface area contributed by atoms with Gasteiger partial charge >= 0.3 is 0 Å². The van der Waals surface area contributed by atoms with Crippen LogP contribution in [0.15, 0.2) is 16.3 Å². The van der Waals surface area contributed by atoms with E-state index < -0.39 is 21.1 Å². The van der Waals surface area contributed by atoms with Crippen LogP contribution in [0.3, 0.4) is 0 Å². The summed E-state index contributed by atoms with van der Waals surface area (Å²) in [6, 6.07) is 0.419. The van der Waals surface area contributed by atoms with E-state index in [4.69, 9.17) is 17.3 Å². The van der Waals surface area contributed by atoms with Crippen molar-refractivity contribution in [3.05, 3.63) is 16.3 Å². The number of halogens is 1. The third-order valence-corrected chi connectivity index (χ3v) is 4.07. The largest absolute Gasteiger partial charge is 0.316 e. The number of hydrogen-bond acceptors (Lipinski definition) is 5. The second-order valence-corrected chi connectivity index (χ2v) is 6.07. The summed E-state index contributed by atoms with van der Waals surface area (Å²) < 4.78 is 22.2. The van der Waals surface area contributed by atoms with Crippen LogP contribution in [0, 0.1) is 0 Å².